The monoisotopic (exact) mass is 288 g/mol. The molecule has 0 radical (unpaired) electrons. The molecule has 0 saturated heterocycles. The molecule has 0 fully saturated rings. The number of rotatable bonds is 3. The Morgan fingerprint density at radius 2 is 1.85 bits per heavy atom. The first-order valence-corrected chi connectivity index (χ1v) is 8.08. The van der Waals surface area contributed by atoms with Gasteiger partial charge in [-0.25, -0.2) is 8.42 Å². The molecule has 2 aromatic carbocycles. The maximum Gasteiger partial charge on any atom is 0.261 e. The summed E-state index contributed by atoms with van der Waals surface area (Å²) < 4.78 is 27.1. The number of fused-ring (bicyclic) bond motifs is 1. The van der Waals surface area contributed by atoms with E-state index in [0.717, 1.165) is 25.1 Å². The van der Waals surface area contributed by atoms with Crippen LogP contribution in [0.2, 0.25) is 0 Å². The molecule has 5 heteroatoms. The molecule has 4 nitrogen and oxygen atoms in total. The number of hydrogen-bond donors (Lipinski definition) is 2. The van der Waals surface area contributed by atoms with Crippen LogP contribution in [0.4, 0.5) is 11.4 Å². The van der Waals surface area contributed by atoms with Crippen molar-refractivity contribution in [2.75, 3.05) is 16.6 Å². The zero-order valence-corrected chi connectivity index (χ0v) is 11.8. The fourth-order valence-corrected chi connectivity index (χ4v) is 3.41. The van der Waals surface area contributed by atoms with Crippen LogP contribution >= 0.6 is 0 Å². The van der Waals surface area contributed by atoms with Crippen LogP contribution in [0.5, 0.6) is 0 Å². The van der Waals surface area contributed by atoms with Gasteiger partial charge in [0.25, 0.3) is 10.0 Å². The van der Waals surface area contributed by atoms with Crippen LogP contribution in [-0.2, 0) is 16.4 Å². The second kappa shape index (κ2) is 5.17. The van der Waals surface area contributed by atoms with Crippen molar-refractivity contribution in [3.8, 4) is 0 Å². The summed E-state index contributed by atoms with van der Waals surface area (Å²) in [5.74, 6) is 0. The van der Waals surface area contributed by atoms with Crippen LogP contribution < -0.4 is 10.0 Å². The molecule has 0 bridgehead atoms. The van der Waals surface area contributed by atoms with Gasteiger partial charge < -0.3 is 5.32 Å². The minimum atomic E-state index is -3.52. The summed E-state index contributed by atoms with van der Waals surface area (Å²) in [4.78, 5) is 0.269. The molecular weight excluding hydrogens is 272 g/mol. The van der Waals surface area contributed by atoms with Gasteiger partial charge in [-0.2, -0.15) is 0 Å². The Labute approximate surface area is 118 Å². The molecule has 2 aromatic rings. The van der Waals surface area contributed by atoms with Crippen molar-refractivity contribution < 1.29 is 8.42 Å². The van der Waals surface area contributed by atoms with Crippen LogP contribution in [-0.4, -0.2) is 15.0 Å². The third kappa shape index (κ3) is 2.63. The van der Waals surface area contributed by atoms with Crippen molar-refractivity contribution in [3.63, 3.8) is 0 Å². The van der Waals surface area contributed by atoms with Gasteiger partial charge in [0.15, 0.2) is 0 Å². The quantitative estimate of drug-likeness (QED) is 0.913. The van der Waals surface area contributed by atoms with Gasteiger partial charge >= 0.3 is 0 Å². The molecule has 2 N–H and O–H groups in total. The lowest BCUT2D eigenvalue weighted by molar-refractivity contribution is 0.601. The van der Waals surface area contributed by atoms with Gasteiger partial charge in [-0.1, -0.05) is 24.3 Å². The second-order valence-electron chi connectivity index (χ2n) is 4.82. The molecule has 0 aliphatic carbocycles. The van der Waals surface area contributed by atoms with E-state index in [4.69, 9.17) is 0 Å². The van der Waals surface area contributed by atoms with Crippen molar-refractivity contribution in [1.82, 2.24) is 0 Å². The molecule has 0 unspecified atom stereocenters. The Morgan fingerprint density at radius 3 is 2.65 bits per heavy atom. The van der Waals surface area contributed by atoms with Gasteiger partial charge in [0, 0.05) is 12.2 Å². The average Bonchev–Trinajstić information content (AvgIpc) is 2.48. The van der Waals surface area contributed by atoms with Crippen LogP contribution in [0.15, 0.2) is 53.4 Å². The van der Waals surface area contributed by atoms with Crippen molar-refractivity contribution in [2.24, 2.45) is 0 Å². The molecule has 0 atom stereocenters. The van der Waals surface area contributed by atoms with Crippen LogP contribution in [0.1, 0.15) is 12.0 Å². The summed E-state index contributed by atoms with van der Waals surface area (Å²) in [6, 6.07) is 14.0. The fourth-order valence-electron chi connectivity index (χ4n) is 2.34. The van der Waals surface area contributed by atoms with Crippen molar-refractivity contribution in [2.45, 2.75) is 17.7 Å². The summed E-state index contributed by atoms with van der Waals surface area (Å²) in [6.07, 6.45) is 2.15. The molecule has 104 valence electrons. The highest BCUT2D eigenvalue weighted by Gasteiger charge is 2.15. The second-order valence-corrected chi connectivity index (χ2v) is 6.50. The van der Waals surface area contributed by atoms with Gasteiger partial charge in [-0.15, -0.1) is 0 Å². The Hall–Kier alpha value is -2.01. The maximum absolute atomic E-state index is 12.2. The topological polar surface area (TPSA) is 58.2 Å². The Morgan fingerprint density at radius 1 is 1.05 bits per heavy atom. The molecule has 3 rings (SSSR count). The highest BCUT2D eigenvalue weighted by atomic mass is 32.2. The first-order valence-electron chi connectivity index (χ1n) is 6.60. The van der Waals surface area contributed by atoms with Crippen molar-refractivity contribution >= 4 is 21.4 Å². The molecule has 0 aromatic heterocycles. The predicted molar refractivity (Wildman–Crippen MR) is 80.5 cm³/mol. The van der Waals surface area contributed by atoms with Gasteiger partial charge in [-0.05, 0) is 42.7 Å². The summed E-state index contributed by atoms with van der Waals surface area (Å²) in [5.41, 5.74) is 2.84. The van der Waals surface area contributed by atoms with E-state index < -0.39 is 10.0 Å². The molecule has 1 aliphatic rings. The Bertz CT molecular complexity index is 712. The Kier molecular flexibility index (Phi) is 3.36. The molecule has 0 amide bonds. The summed E-state index contributed by atoms with van der Waals surface area (Å²) in [6.45, 7) is 0.932. The van der Waals surface area contributed by atoms with Gasteiger partial charge in [0.1, 0.15) is 0 Å². The number of benzene rings is 2. The number of nitrogens with one attached hydrogen (secondary N) is 2. The standard InChI is InChI=1S/C15H16N2O2S/c18-20(19,14-6-2-1-3-7-14)17-13-9-8-12-5-4-10-16-15(12)11-13/h1-3,6-9,11,16-17H,4-5,10H2. The van der Waals surface area contributed by atoms with E-state index in [-0.39, 0.29) is 4.90 Å². The van der Waals surface area contributed by atoms with Gasteiger partial charge in [0.05, 0.1) is 10.6 Å². The third-order valence-corrected chi connectivity index (χ3v) is 4.75. The summed E-state index contributed by atoms with van der Waals surface area (Å²) in [5, 5.41) is 3.29. The van der Waals surface area contributed by atoms with E-state index in [1.54, 1.807) is 30.3 Å². The lowest BCUT2D eigenvalue weighted by Gasteiger charge is -2.19. The third-order valence-electron chi connectivity index (χ3n) is 3.35. The van der Waals surface area contributed by atoms with Crippen molar-refractivity contribution in [3.05, 3.63) is 54.1 Å². The number of anilines is 2. The van der Waals surface area contributed by atoms with Gasteiger partial charge in [0.2, 0.25) is 0 Å². The smallest absolute Gasteiger partial charge is 0.261 e. The first kappa shape index (κ1) is 13.0. The van der Waals surface area contributed by atoms with E-state index >= 15 is 0 Å². The highest BCUT2D eigenvalue weighted by molar-refractivity contribution is 7.92. The largest absolute Gasteiger partial charge is 0.385 e. The van der Waals surface area contributed by atoms with E-state index in [0.29, 0.717) is 5.69 Å². The van der Waals surface area contributed by atoms with E-state index in [1.165, 1.54) is 5.56 Å². The summed E-state index contributed by atoms with van der Waals surface area (Å²) >= 11 is 0. The van der Waals surface area contributed by atoms with Crippen LogP contribution in [0, 0.1) is 0 Å². The predicted octanol–water partition coefficient (Wildman–Crippen LogP) is 2.85. The zero-order chi connectivity index (χ0) is 14.0. The fraction of sp³-hybridized carbons (Fsp3) is 0.200. The normalized spacial score (nSPS) is 14.2. The Balaban J connectivity index is 1.88. The molecule has 0 spiro atoms. The highest BCUT2D eigenvalue weighted by Crippen LogP contribution is 2.26. The molecule has 20 heavy (non-hydrogen) atoms. The van der Waals surface area contributed by atoms with E-state index in [9.17, 15) is 8.42 Å². The SMILES string of the molecule is O=S(=O)(Nc1ccc2c(c1)NCCC2)c1ccccc1. The van der Waals surface area contributed by atoms with Gasteiger partial charge in [-0.3, -0.25) is 4.72 Å². The molecule has 0 saturated carbocycles. The lowest BCUT2D eigenvalue weighted by atomic mass is 10.0. The lowest BCUT2D eigenvalue weighted by Crippen LogP contribution is -2.15. The zero-order valence-electron chi connectivity index (χ0n) is 11.0. The molecule has 1 heterocycles. The first-order chi connectivity index (χ1) is 9.65. The molecular formula is C15H16N2O2S. The van der Waals surface area contributed by atoms with E-state index in [1.807, 2.05) is 18.2 Å². The van der Waals surface area contributed by atoms with Crippen molar-refractivity contribution in [1.29, 1.82) is 0 Å². The summed E-state index contributed by atoms with van der Waals surface area (Å²) in [7, 11) is -3.52. The van der Waals surface area contributed by atoms with Crippen LogP contribution in [0.3, 0.4) is 0 Å². The number of sulfonamides is 1. The van der Waals surface area contributed by atoms with Crippen LogP contribution in [0.25, 0.3) is 0 Å². The number of hydrogen-bond acceptors (Lipinski definition) is 3. The maximum atomic E-state index is 12.2. The minimum Gasteiger partial charge on any atom is -0.385 e. The minimum absolute atomic E-state index is 0.269. The van der Waals surface area contributed by atoms with E-state index in [2.05, 4.69) is 10.0 Å². The average molecular weight is 288 g/mol. The molecule has 1 aliphatic heterocycles. The number of aryl methyl sites for hydroxylation is 1.